The molecule has 1 heterocycles. The molecule has 32 heavy (non-hydrogen) atoms. The summed E-state index contributed by atoms with van der Waals surface area (Å²) in [6.45, 7) is 4.22. The lowest BCUT2D eigenvalue weighted by Gasteiger charge is -2.29. The number of likely N-dealkylation sites (N-methyl/N-ethyl adjacent to an activating group) is 1. The van der Waals surface area contributed by atoms with Crippen LogP contribution >= 0.6 is 0 Å². The number of methoxy groups -OCH3 is 1. The fourth-order valence-electron chi connectivity index (χ4n) is 4.16. The first-order valence-electron chi connectivity index (χ1n) is 10.5. The molecule has 6 heteroatoms. The van der Waals surface area contributed by atoms with Crippen LogP contribution in [0.15, 0.2) is 66.7 Å². The van der Waals surface area contributed by atoms with E-state index < -0.39 is 11.6 Å². The number of fused-ring (bicyclic) bond motifs is 1. The van der Waals surface area contributed by atoms with Gasteiger partial charge in [-0.2, -0.15) is 0 Å². The molecule has 3 aromatic rings. The average Bonchev–Trinajstić information content (AvgIpc) is 3.02. The molecule has 0 saturated carbocycles. The molecule has 1 aliphatic heterocycles. The number of amides is 1. The Bertz CT molecular complexity index is 1170. The van der Waals surface area contributed by atoms with Gasteiger partial charge in [0.05, 0.1) is 18.4 Å². The van der Waals surface area contributed by atoms with Crippen LogP contribution in [0.3, 0.4) is 0 Å². The van der Waals surface area contributed by atoms with E-state index in [1.54, 1.807) is 47.4 Å². The number of ether oxygens (including phenoxy) is 2. The molecule has 164 valence electrons. The topological polar surface area (TPSA) is 76.1 Å². The van der Waals surface area contributed by atoms with Crippen molar-refractivity contribution in [3.05, 3.63) is 89.0 Å². The summed E-state index contributed by atoms with van der Waals surface area (Å²) in [5.41, 5.74) is 1.42. The van der Waals surface area contributed by atoms with Gasteiger partial charge < -0.3 is 19.5 Å². The third-order valence-corrected chi connectivity index (χ3v) is 5.79. The lowest BCUT2D eigenvalue weighted by molar-refractivity contribution is -0.137. The molecule has 0 aromatic heterocycles. The molecule has 0 aliphatic carbocycles. The molecule has 4 rings (SSSR count). The summed E-state index contributed by atoms with van der Waals surface area (Å²) in [6.07, 6.45) is -0.0274. The van der Waals surface area contributed by atoms with E-state index in [2.05, 4.69) is 0 Å². The Balaban J connectivity index is 1.89. The van der Waals surface area contributed by atoms with E-state index in [9.17, 15) is 14.7 Å². The standard InChI is InChI=1S/C26H25NO5/c1-4-27-22-12-10-17(2)14-21(22)26(25(27)30,32-24(29)18-8-6-5-7-9-18)16-19-15-20(31-3)11-13-23(19)28/h5-15,28H,4,16H2,1-3H3. The summed E-state index contributed by atoms with van der Waals surface area (Å²) < 4.78 is 11.4. The quantitative estimate of drug-likeness (QED) is 0.587. The zero-order chi connectivity index (χ0) is 22.9. The highest BCUT2D eigenvalue weighted by Gasteiger charge is 2.54. The number of rotatable bonds is 6. The first-order valence-corrected chi connectivity index (χ1v) is 10.5. The second-order valence-electron chi connectivity index (χ2n) is 7.82. The monoisotopic (exact) mass is 431 g/mol. The second kappa shape index (κ2) is 8.38. The van der Waals surface area contributed by atoms with Crippen molar-refractivity contribution >= 4 is 17.6 Å². The maximum absolute atomic E-state index is 13.8. The van der Waals surface area contributed by atoms with Gasteiger partial charge in [0.2, 0.25) is 5.60 Å². The van der Waals surface area contributed by atoms with Crippen molar-refractivity contribution in [1.82, 2.24) is 0 Å². The largest absolute Gasteiger partial charge is 0.508 e. The van der Waals surface area contributed by atoms with E-state index in [4.69, 9.17) is 9.47 Å². The van der Waals surface area contributed by atoms with Crippen LogP contribution < -0.4 is 9.64 Å². The molecule has 1 unspecified atom stereocenters. The van der Waals surface area contributed by atoms with Crippen molar-refractivity contribution in [3.8, 4) is 11.5 Å². The smallest absolute Gasteiger partial charge is 0.339 e. The predicted molar refractivity (Wildman–Crippen MR) is 121 cm³/mol. The maximum atomic E-state index is 13.8. The Kier molecular flexibility index (Phi) is 5.61. The molecule has 1 aliphatic rings. The highest BCUT2D eigenvalue weighted by Crippen LogP contribution is 2.47. The Morgan fingerprint density at radius 1 is 1.06 bits per heavy atom. The van der Waals surface area contributed by atoms with Gasteiger partial charge >= 0.3 is 5.97 Å². The van der Waals surface area contributed by atoms with Crippen molar-refractivity contribution in [2.75, 3.05) is 18.6 Å². The Morgan fingerprint density at radius 3 is 2.50 bits per heavy atom. The number of aromatic hydroxyl groups is 1. The minimum atomic E-state index is -1.62. The van der Waals surface area contributed by atoms with Crippen molar-refractivity contribution < 1.29 is 24.2 Å². The highest BCUT2D eigenvalue weighted by atomic mass is 16.6. The number of anilines is 1. The third kappa shape index (κ3) is 3.58. The molecule has 1 amide bonds. The van der Waals surface area contributed by atoms with Gasteiger partial charge in [-0.3, -0.25) is 4.79 Å². The molecule has 6 nitrogen and oxygen atoms in total. The van der Waals surface area contributed by atoms with Crippen LogP contribution in [0.1, 0.15) is 34.0 Å². The zero-order valence-corrected chi connectivity index (χ0v) is 18.3. The van der Waals surface area contributed by atoms with Gasteiger partial charge in [0.25, 0.3) is 5.91 Å². The molecular formula is C26H25NO5. The molecule has 0 bridgehead atoms. The lowest BCUT2D eigenvalue weighted by atomic mass is 9.86. The van der Waals surface area contributed by atoms with Crippen molar-refractivity contribution in [1.29, 1.82) is 0 Å². The van der Waals surface area contributed by atoms with Crippen molar-refractivity contribution in [3.63, 3.8) is 0 Å². The minimum absolute atomic E-state index is 0.00196. The number of hydrogen-bond acceptors (Lipinski definition) is 5. The van der Waals surface area contributed by atoms with Crippen molar-refractivity contribution in [2.45, 2.75) is 25.9 Å². The third-order valence-electron chi connectivity index (χ3n) is 5.79. The molecule has 0 saturated heterocycles. The first kappa shape index (κ1) is 21.4. The van der Waals surface area contributed by atoms with Gasteiger partial charge in [-0.05, 0) is 56.3 Å². The molecule has 1 atom stereocenters. The lowest BCUT2D eigenvalue weighted by Crippen LogP contribution is -2.45. The summed E-state index contributed by atoms with van der Waals surface area (Å²) in [6, 6.07) is 19.0. The molecule has 0 radical (unpaired) electrons. The van der Waals surface area contributed by atoms with E-state index in [-0.39, 0.29) is 18.1 Å². The van der Waals surface area contributed by atoms with Crippen LogP contribution in [0.4, 0.5) is 5.69 Å². The van der Waals surface area contributed by atoms with Gasteiger partial charge in [0, 0.05) is 24.1 Å². The number of phenolic OH excluding ortho intramolecular Hbond substituents is 1. The Hall–Kier alpha value is -3.80. The van der Waals surface area contributed by atoms with E-state index in [0.29, 0.717) is 34.7 Å². The van der Waals surface area contributed by atoms with Crippen LogP contribution in [-0.4, -0.2) is 30.6 Å². The molecule has 0 fully saturated rings. The van der Waals surface area contributed by atoms with E-state index in [0.717, 1.165) is 5.56 Å². The van der Waals surface area contributed by atoms with Crippen LogP contribution in [0.25, 0.3) is 0 Å². The SMILES string of the molecule is CCN1C(=O)C(Cc2cc(OC)ccc2O)(OC(=O)c2ccccc2)c2cc(C)ccc21. The minimum Gasteiger partial charge on any atom is -0.508 e. The summed E-state index contributed by atoms with van der Waals surface area (Å²) in [5, 5.41) is 10.5. The van der Waals surface area contributed by atoms with Gasteiger partial charge in [-0.25, -0.2) is 4.79 Å². The summed E-state index contributed by atoms with van der Waals surface area (Å²) in [4.78, 5) is 28.6. The van der Waals surface area contributed by atoms with Crippen LogP contribution in [0, 0.1) is 6.92 Å². The van der Waals surface area contributed by atoms with Gasteiger partial charge in [-0.1, -0.05) is 29.8 Å². The number of benzene rings is 3. The number of nitrogens with zero attached hydrogens (tertiary/aromatic N) is 1. The molecular weight excluding hydrogens is 406 g/mol. The molecule has 3 aromatic carbocycles. The fourth-order valence-corrected chi connectivity index (χ4v) is 4.16. The Labute approximate surface area is 187 Å². The molecule has 1 N–H and O–H groups in total. The van der Waals surface area contributed by atoms with Gasteiger partial charge in [-0.15, -0.1) is 0 Å². The number of esters is 1. The van der Waals surface area contributed by atoms with Crippen molar-refractivity contribution in [2.24, 2.45) is 0 Å². The predicted octanol–water partition coefficient (Wildman–Crippen LogP) is 4.37. The second-order valence-corrected chi connectivity index (χ2v) is 7.82. The van der Waals surface area contributed by atoms with Gasteiger partial charge in [0.15, 0.2) is 0 Å². The summed E-state index contributed by atoms with van der Waals surface area (Å²) in [5.74, 6) is -0.415. The van der Waals surface area contributed by atoms with Crippen LogP contribution in [-0.2, 0) is 21.6 Å². The highest BCUT2D eigenvalue weighted by molar-refractivity contribution is 6.09. The molecule has 0 spiro atoms. The van der Waals surface area contributed by atoms with E-state index in [1.807, 2.05) is 32.0 Å². The first-order chi connectivity index (χ1) is 15.4. The summed E-state index contributed by atoms with van der Waals surface area (Å²) in [7, 11) is 1.53. The Morgan fingerprint density at radius 2 is 1.81 bits per heavy atom. The van der Waals surface area contributed by atoms with Crippen LogP contribution in [0.2, 0.25) is 0 Å². The van der Waals surface area contributed by atoms with E-state index in [1.165, 1.54) is 13.2 Å². The number of carbonyl (C=O) groups excluding carboxylic acids is 2. The maximum Gasteiger partial charge on any atom is 0.339 e. The fraction of sp³-hybridized carbons (Fsp3) is 0.231. The van der Waals surface area contributed by atoms with Crippen LogP contribution in [0.5, 0.6) is 11.5 Å². The number of carbonyl (C=O) groups is 2. The number of aryl methyl sites for hydroxylation is 1. The average molecular weight is 431 g/mol. The summed E-state index contributed by atoms with van der Waals surface area (Å²) >= 11 is 0. The zero-order valence-electron chi connectivity index (χ0n) is 18.3. The number of hydrogen-bond donors (Lipinski definition) is 1. The number of phenols is 1. The van der Waals surface area contributed by atoms with Gasteiger partial charge in [0.1, 0.15) is 11.5 Å². The van der Waals surface area contributed by atoms with E-state index >= 15 is 0 Å². The normalized spacial score (nSPS) is 17.2.